The molecule has 0 bridgehead atoms. The average molecular weight is 507 g/mol. The van der Waals surface area contributed by atoms with E-state index in [1.807, 2.05) is 18.2 Å². The predicted molar refractivity (Wildman–Crippen MR) is 140 cm³/mol. The fourth-order valence-electron chi connectivity index (χ4n) is 4.03. The molecule has 1 aliphatic heterocycles. The molecule has 0 radical (unpaired) electrons. The number of piperidine rings is 1. The summed E-state index contributed by atoms with van der Waals surface area (Å²) in [6.45, 7) is 2.17. The molecule has 0 spiro atoms. The number of methoxy groups -OCH3 is 1. The number of nitrogens with zero attached hydrogens (tertiary/aromatic N) is 3. The maximum Gasteiger partial charge on any atom is 0.264 e. The van der Waals surface area contributed by atoms with Crippen molar-refractivity contribution in [1.82, 2.24) is 10.3 Å². The quantitative estimate of drug-likeness (QED) is 0.447. The van der Waals surface area contributed by atoms with E-state index >= 15 is 0 Å². The van der Waals surface area contributed by atoms with Gasteiger partial charge in [-0.3, -0.25) is 14.0 Å². The Balaban J connectivity index is 1.42. The Labute approximate surface area is 212 Å². The zero-order chi connectivity index (χ0) is 25.4. The van der Waals surface area contributed by atoms with E-state index in [1.54, 1.807) is 42.5 Å². The largest absolute Gasteiger partial charge is 0.497 e. The maximum atomic E-state index is 13.4. The number of benzene rings is 3. The van der Waals surface area contributed by atoms with Crippen LogP contribution < -0.4 is 14.5 Å². The highest BCUT2D eigenvalue weighted by molar-refractivity contribution is 7.92. The monoisotopic (exact) mass is 506 g/mol. The van der Waals surface area contributed by atoms with Crippen molar-refractivity contribution in [2.75, 3.05) is 31.0 Å². The molecular weight excluding hydrogens is 476 g/mol. The van der Waals surface area contributed by atoms with Crippen molar-refractivity contribution in [3.05, 3.63) is 90.5 Å². The van der Waals surface area contributed by atoms with Crippen molar-refractivity contribution in [2.45, 2.75) is 24.3 Å². The molecule has 0 aromatic heterocycles. The summed E-state index contributed by atoms with van der Waals surface area (Å²) in [5.41, 5.74) is 5.05. The van der Waals surface area contributed by atoms with E-state index in [9.17, 15) is 13.2 Å². The summed E-state index contributed by atoms with van der Waals surface area (Å²) in [6, 6.07) is 25.0. The number of rotatable bonds is 9. The van der Waals surface area contributed by atoms with Crippen LogP contribution in [0.2, 0.25) is 0 Å². The lowest BCUT2D eigenvalue weighted by atomic mass is 10.1. The molecule has 1 fully saturated rings. The van der Waals surface area contributed by atoms with Crippen molar-refractivity contribution < 1.29 is 17.9 Å². The summed E-state index contributed by atoms with van der Waals surface area (Å²) in [5.74, 6) is -0.0276. The van der Waals surface area contributed by atoms with Crippen LogP contribution in [0.3, 0.4) is 0 Å². The molecule has 3 aromatic carbocycles. The van der Waals surface area contributed by atoms with E-state index < -0.39 is 22.5 Å². The Morgan fingerprint density at radius 2 is 1.64 bits per heavy atom. The molecule has 8 nitrogen and oxygen atoms in total. The summed E-state index contributed by atoms with van der Waals surface area (Å²) in [6.07, 6.45) is 1.49. The SMILES string of the molecule is COc1cccc(N(CC(=O)NN=C2CCN(Cc3ccccc3)CC2)S(=O)(=O)c2ccccc2)c1. The van der Waals surface area contributed by atoms with E-state index in [4.69, 9.17) is 4.74 Å². The van der Waals surface area contributed by atoms with E-state index in [1.165, 1.54) is 24.8 Å². The molecule has 1 saturated heterocycles. The molecule has 0 saturated carbocycles. The van der Waals surface area contributed by atoms with Crippen LogP contribution in [0.5, 0.6) is 5.75 Å². The number of nitrogens with one attached hydrogen (secondary N) is 1. The van der Waals surface area contributed by atoms with Gasteiger partial charge in [0.15, 0.2) is 0 Å². The molecule has 1 heterocycles. The molecule has 188 valence electrons. The van der Waals surface area contributed by atoms with Crippen LogP contribution in [0.1, 0.15) is 18.4 Å². The standard InChI is InChI=1S/C27H30N4O4S/c1-35-25-12-8-11-24(19-25)31(36(33,34)26-13-6-3-7-14-26)21-27(32)29-28-23-15-17-30(18-16-23)20-22-9-4-2-5-10-22/h2-14,19H,15-18,20-21H2,1H3,(H,29,32). The lowest BCUT2D eigenvalue weighted by Gasteiger charge is -2.27. The number of hydrogen-bond donors (Lipinski definition) is 1. The van der Waals surface area contributed by atoms with E-state index in [0.717, 1.165) is 42.5 Å². The summed E-state index contributed by atoms with van der Waals surface area (Å²) >= 11 is 0. The van der Waals surface area contributed by atoms with Crippen LogP contribution in [0.15, 0.2) is 94.9 Å². The topological polar surface area (TPSA) is 91.3 Å². The zero-order valence-corrected chi connectivity index (χ0v) is 21.0. The molecule has 1 N–H and O–H groups in total. The Kier molecular flexibility index (Phi) is 8.35. The van der Waals surface area contributed by atoms with E-state index in [-0.39, 0.29) is 4.90 Å². The van der Waals surface area contributed by atoms with Gasteiger partial charge < -0.3 is 4.74 Å². The second-order valence-corrected chi connectivity index (χ2v) is 10.4. The maximum absolute atomic E-state index is 13.4. The molecule has 0 unspecified atom stereocenters. The van der Waals surface area contributed by atoms with Gasteiger partial charge in [-0.05, 0) is 29.8 Å². The fraction of sp³-hybridized carbons (Fsp3) is 0.259. The van der Waals surface area contributed by atoms with Crippen LogP contribution in [-0.2, 0) is 21.4 Å². The number of amides is 1. The van der Waals surface area contributed by atoms with Gasteiger partial charge in [0.1, 0.15) is 12.3 Å². The Bertz CT molecular complexity index is 1290. The number of hydrazone groups is 1. The van der Waals surface area contributed by atoms with Crippen molar-refractivity contribution >= 4 is 27.3 Å². The minimum atomic E-state index is -3.99. The second kappa shape index (κ2) is 11.8. The Morgan fingerprint density at radius 1 is 0.972 bits per heavy atom. The molecule has 4 rings (SSSR count). The van der Waals surface area contributed by atoms with E-state index in [0.29, 0.717) is 11.4 Å². The molecule has 3 aromatic rings. The highest BCUT2D eigenvalue weighted by atomic mass is 32.2. The molecule has 36 heavy (non-hydrogen) atoms. The lowest BCUT2D eigenvalue weighted by molar-refractivity contribution is -0.119. The molecule has 1 aliphatic rings. The first-order valence-electron chi connectivity index (χ1n) is 11.8. The number of ether oxygens (including phenoxy) is 1. The summed E-state index contributed by atoms with van der Waals surface area (Å²) in [7, 11) is -2.49. The minimum Gasteiger partial charge on any atom is -0.497 e. The average Bonchev–Trinajstić information content (AvgIpc) is 2.92. The van der Waals surface area contributed by atoms with Crippen LogP contribution in [0.4, 0.5) is 5.69 Å². The second-order valence-electron chi connectivity index (χ2n) is 8.50. The number of likely N-dealkylation sites (tertiary alicyclic amines) is 1. The van der Waals surface area contributed by atoms with Crippen molar-refractivity contribution in [3.63, 3.8) is 0 Å². The van der Waals surface area contributed by atoms with Crippen molar-refractivity contribution in [3.8, 4) is 5.75 Å². The van der Waals surface area contributed by atoms with Crippen LogP contribution in [-0.4, -0.2) is 51.7 Å². The van der Waals surface area contributed by atoms with Gasteiger partial charge in [-0.25, -0.2) is 13.8 Å². The molecule has 0 aliphatic carbocycles. The molecule has 0 atom stereocenters. The van der Waals surface area contributed by atoms with Gasteiger partial charge in [0.2, 0.25) is 0 Å². The Hall–Kier alpha value is -3.69. The van der Waals surface area contributed by atoms with Gasteiger partial charge in [0.25, 0.3) is 15.9 Å². The van der Waals surface area contributed by atoms with E-state index in [2.05, 4.69) is 27.6 Å². The number of hydrogen-bond acceptors (Lipinski definition) is 6. The van der Waals surface area contributed by atoms with Crippen molar-refractivity contribution in [1.29, 1.82) is 0 Å². The Morgan fingerprint density at radius 3 is 2.31 bits per heavy atom. The van der Waals surface area contributed by atoms with Crippen LogP contribution >= 0.6 is 0 Å². The van der Waals surface area contributed by atoms with Gasteiger partial charge in [0, 0.05) is 44.3 Å². The lowest BCUT2D eigenvalue weighted by Crippen LogP contribution is -2.40. The normalized spacial score (nSPS) is 14.2. The highest BCUT2D eigenvalue weighted by Gasteiger charge is 2.27. The van der Waals surface area contributed by atoms with Gasteiger partial charge in [-0.2, -0.15) is 5.10 Å². The number of anilines is 1. The third kappa shape index (κ3) is 6.50. The summed E-state index contributed by atoms with van der Waals surface area (Å²) in [4.78, 5) is 15.3. The van der Waals surface area contributed by atoms with Gasteiger partial charge in [0.05, 0.1) is 17.7 Å². The number of sulfonamides is 1. The van der Waals surface area contributed by atoms with Gasteiger partial charge >= 0.3 is 0 Å². The predicted octanol–water partition coefficient (Wildman–Crippen LogP) is 3.66. The first-order valence-corrected chi connectivity index (χ1v) is 13.2. The number of carbonyl (C=O) groups is 1. The van der Waals surface area contributed by atoms with Crippen LogP contribution in [0, 0.1) is 0 Å². The zero-order valence-electron chi connectivity index (χ0n) is 20.2. The third-order valence-corrected chi connectivity index (χ3v) is 7.77. The third-order valence-electron chi connectivity index (χ3n) is 5.98. The molecular formula is C27H30N4O4S. The smallest absolute Gasteiger partial charge is 0.264 e. The fourth-order valence-corrected chi connectivity index (χ4v) is 5.46. The van der Waals surface area contributed by atoms with Gasteiger partial charge in [-0.1, -0.05) is 54.6 Å². The molecule has 1 amide bonds. The van der Waals surface area contributed by atoms with Crippen molar-refractivity contribution in [2.24, 2.45) is 5.10 Å². The number of carbonyl (C=O) groups excluding carboxylic acids is 1. The summed E-state index contributed by atoms with van der Waals surface area (Å²) in [5, 5.41) is 4.30. The minimum absolute atomic E-state index is 0.0951. The highest BCUT2D eigenvalue weighted by Crippen LogP contribution is 2.26. The first-order chi connectivity index (χ1) is 17.5. The summed E-state index contributed by atoms with van der Waals surface area (Å²) < 4.78 is 33.2. The van der Waals surface area contributed by atoms with Crippen LogP contribution in [0.25, 0.3) is 0 Å². The van der Waals surface area contributed by atoms with Gasteiger partial charge in [-0.15, -0.1) is 0 Å². The first kappa shape index (κ1) is 25.4. The molecule has 9 heteroatoms.